The number of unbranched alkanes of at least 4 members (excludes halogenated alkanes) is 2. The molecule has 5 nitrogen and oxygen atoms in total. The van der Waals surface area contributed by atoms with Gasteiger partial charge in [-0.2, -0.15) is 0 Å². The van der Waals surface area contributed by atoms with Gasteiger partial charge in [-0.15, -0.1) is 24.0 Å². The maximum atomic E-state index is 5.14. The highest BCUT2D eigenvalue weighted by Crippen LogP contribution is 2.15. The zero-order chi connectivity index (χ0) is 15.3. The topological polar surface area (TPSA) is 48.9 Å². The van der Waals surface area contributed by atoms with Crippen molar-refractivity contribution >= 4 is 29.9 Å². The Balaban J connectivity index is 0.00000441. The standard InChI is InChI=1S/C16H34N4O.HI/c1-4-5-6-9-18-16(17-2)19-14-15-7-10-20(11-8-15)12-13-21-3;/h15H,4-14H2,1-3H3,(H2,17,18,19);1H. The molecule has 1 fully saturated rings. The quantitative estimate of drug-likeness (QED) is 0.257. The van der Waals surface area contributed by atoms with Gasteiger partial charge < -0.3 is 20.3 Å². The summed E-state index contributed by atoms with van der Waals surface area (Å²) < 4.78 is 5.14. The van der Waals surface area contributed by atoms with E-state index < -0.39 is 0 Å². The lowest BCUT2D eigenvalue weighted by Crippen LogP contribution is -2.43. The van der Waals surface area contributed by atoms with Crippen molar-refractivity contribution in [2.24, 2.45) is 10.9 Å². The van der Waals surface area contributed by atoms with Gasteiger partial charge in [0.2, 0.25) is 0 Å². The highest BCUT2D eigenvalue weighted by atomic mass is 127. The molecular weight excluding hydrogens is 391 g/mol. The molecule has 132 valence electrons. The molecule has 0 atom stereocenters. The Bertz CT molecular complexity index is 281. The number of nitrogens with zero attached hydrogens (tertiary/aromatic N) is 2. The molecule has 6 heteroatoms. The number of likely N-dealkylation sites (tertiary alicyclic amines) is 1. The fourth-order valence-electron chi connectivity index (χ4n) is 2.68. The zero-order valence-electron chi connectivity index (χ0n) is 14.6. The number of methoxy groups -OCH3 is 1. The van der Waals surface area contributed by atoms with Crippen molar-refractivity contribution < 1.29 is 4.74 Å². The Morgan fingerprint density at radius 2 is 1.95 bits per heavy atom. The number of hydrogen-bond donors (Lipinski definition) is 2. The van der Waals surface area contributed by atoms with Gasteiger partial charge >= 0.3 is 0 Å². The van der Waals surface area contributed by atoms with E-state index in [1.54, 1.807) is 7.11 Å². The van der Waals surface area contributed by atoms with E-state index in [1.807, 2.05) is 7.05 Å². The van der Waals surface area contributed by atoms with Crippen molar-refractivity contribution in [2.45, 2.75) is 39.0 Å². The number of rotatable bonds is 9. The smallest absolute Gasteiger partial charge is 0.190 e. The third-order valence-electron chi connectivity index (χ3n) is 4.17. The zero-order valence-corrected chi connectivity index (χ0v) is 16.9. The Kier molecular flexibility index (Phi) is 14.5. The fourth-order valence-corrected chi connectivity index (χ4v) is 2.68. The van der Waals surface area contributed by atoms with Gasteiger partial charge in [0.25, 0.3) is 0 Å². The average Bonchev–Trinajstić information content (AvgIpc) is 2.53. The predicted molar refractivity (Wildman–Crippen MR) is 105 cm³/mol. The lowest BCUT2D eigenvalue weighted by atomic mass is 9.97. The van der Waals surface area contributed by atoms with Crippen molar-refractivity contribution in [1.29, 1.82) is 0 Å². The summed E-state index contributed by atoms with van der Waals surface area (Å²) in [5.41, 5.74) is 0. The van der Waals surface area contributed by atoms with E-state index >= 15 is 0 Å². The molecular formula is C16H35IN4O. The molecule has 0 spiro atoms. The van der Waals surface area contributed by atoms with Crippen molar-refractivity contribution in [3.05, 3.63) is 0 Å². The van der Waals surface area contributed by atoms with Crippen molar-refractivity contribution in [1.82, 2.24) is 15.5 Å². The van der Waals surface area contributed by atoms with Crippen LogP contribution in [0.25, 0.3) is 0 Å². The molecule has 0 radical (unpaired) electrons. The summed E-state index contributed by atoms with van der Waals surface area (Å²) in [6, 6.07) is 0. The Morgan fingerprint density at radius 1 is 1.23 bits per heavy atom. The maximum Gasteiger partial charge on any atom is 0.190 e. The molecule has 1 rings (SSSR count). The van der Waals surface area contributed by atoms with E-state index in [1.165, 1.54) is 45.2 Å². The molecule has 0 aromatic carbocycles. The second-order valence-electron chi connectivity index (χ2n) is 5.86. The lowest BCUT2D eigenvalue weighted by Gasteiger charge is -2.32. The monoisotopic (exact) mass is 426 g/mol. The van der Waals surface area contributed by atoms with Gasteiger partial charge in [-0.05, 0) is 38.3 Å². The van der Waals surface area contributed by atoms with E-state index in [-0.39, 0.29) is 24.0 Å². The molecule has 0 bridgehead atoms. The SMILES string of the molecule is CCCCCNC(=NC)NCC1CCN(CCOC)CC1.I. The van der Waals surface area contributed by atoms with Crippen LogP contribution in [0.5, 0.6) is 0 Å². The molecule has 2 N–H and O–H groups in total. The van der Waals surface area contributed by atoms with Gasteiger partial charge in [-0.1, -0.05) is 19.8 Å². The van der Waals surface area contributed by atoms with Crippen molar-refractivity contribution in [3.63, 3.8) is 0 Å². The minimum Gasteiger partial charge on any atom is -0.383 e. The van der Waals surface area contributed by atoms with Crippen LogP contribution in [0.3, 0.4) is 0 Å². The van der Waals surface area contributed by atoms with E-state index in [0.29, 0.717) is 0 Å². The van der Waals surface area contributed by atoms with Crippen LogP contribution in [0.1, 0.15) is 39.0 Å². The van der Waals surface area contributed by atoms with Crippen LogP contribution >= 0.6 is 24.0 Å². The van der Waals surface area contributed by atoms with Crippen LogP contribution in [-0.2, 0) is 4.74 Å². The first-order valence-electron chi connectivity index (χ1n) is 8.46. The minimum absolute atomic E-state index is 0. The Morgan fingerprint density at radius 3 is 2.55 bits per heavy atom. The Labute approximate surface area is 153 Å². The maximum absolute atomic E-state index is 5.14. The van der Waals surface area contributed by atoms with Crippen molar-refractivity contribution in [2.75, 3.05) is 53.5 Å². The predicted octanol–water partition coefficient (Wildman–Crippen LogP) is 2.32. The lowest BCUT2D eigenvalue weighted by molar-refractivity contribution is 0.121. The molecule has 22 heavy (non-hydrogen) atoms. The summed E-state index contributed by atoms with van der Waals surface area (Å²) in [7, 11) is 3.62. The van der Waals surface area contributed by atoms with Gasteiger partial charge in [-0.3, -0.25) is 4.99 Å². The molecule has 0 unspecified atom stereocenters. The second kappa shape index (κ2) is 14.5. The normalized spacial score (nSPS) is 17.1. The summed E-state index contributed by atoms with van der Waals surface area (Å²) >= 11 is 0. The summed E-state index contributed by atoms with van der Waals surface area (Å²) in [6.07, 6.45) is 6.29. The average molecular weight is 426 g/mol. The molecule has 0 aromatic heterocycles. The van der Waals surface area contributed by atoms with Crippen LogP contribution in [0.4, 0.5) is 0 Å². The van der Waals surface area contributed by atoms with E-state index in [4.69, 9.17) is 4.74 Å². The van der Waals surface area contributed by atoms with E-state index in [9.17, 15) is 0 Å². The molecule has 0 saturated carbocycles. The third-order valence-corrected chi connectivity index (χ3v) is 4.17. The Hall–Kier alpha value is -0.0800. The summed E-state index contributed by atoms with van der Waals surface area (Å²) in [6.45, 7) is 8.58. The molecule has 0 aliphatic carbocycles. The van der Waals surface area contributed by atoms with E-state index in [2.05, 4.69) is 27.4 Å². The number of nitrogens with one attached hydrogen (secondary N) is 2. The van der Waals surface area contributed by atoms with Crippen LogP contribution in [0, 0.1) is 5.92 Å². The van der Waals surface area contributed by atoms with Crippen LogP contribution in [-0.4, -0.2) is 64.3 Å². The van der Waals surface area contributed by atoms with Crippen LogP contribution < -0.4 is 10.6 Å². The largest absolute Gasteiger partial charge is 0.383 e. The summed E-state index contributed by atoms with van der Waals surface area (Å²) in [5.74, 6) is 1.71. The number of hydrogen-bond acceptors (Lipinski definition) is 3. The second-order valence-corrected chi connectivity index (χ2v) is 5.86. The minimum atomic E-state index is 0. The molecule has 1 saturated heterocycles. The van der Waals surface area contributed by atoms with Gasteiger partial charge in [-0.25, -0.2) is 0 Å². The number of halogens is 1. The van der Waals surface area contributed by atoms with Crippen molar-refractivity contribution in [3.8, 4) is 0 Å². The summed E-state index contributed by atoms with van der Waals surface area (Å²) in [5, 5.41) is 6.86. The van der Waals surface area contributed by atoms with E-state index in [0.717, 1.165) is 38.1 Å². The molecule has 1 heterocycles. The van der Waals surface area contributed by atoms with Gasteiger partial charge in [0.05, 0.1) is 6.61 Å². The van der Waals surface area contributed by atoms with Crippen LogP contribution in [0.2, 0.25) is 0 Å². The first kappa shape index (κ1) is 21.9. The number of guanidine groups is 1. The number of piperidine rings is 1. The van der Waals surface area contributed by atoms with Crippen LogP contribution in [0.15, 0.2) is 4.99 Å². The first-order valence-corrected chi connectivity index (χ1v) is 8.46. The molecule has 1 aliphatic rings. The number of aliphatic imine (C=N–C) groups is 1. The van der Waals surface area contributed by atoms with Gasteiger partial charge in [0.1, 0.15) is 0 Å². The highest BCUT2D eigenvalue weighted by molar-refractivity contribution is 14.0. The van der Waals surface area contributed by atoms with Gasteiger partial charge in [0, 0.05) is 33.8 Å². The molecule has 0 amide bonds. The van der Waals surface area contributed by atoms with Gasteiger partial charge in [0.15, 0.2) is 5.96 Å². The fraction of sp³-hybridized carbons (Fsp3) is 0.938. The third kappa shape index (κ3) is 9.84. The first-order chi connectivity index (χ1) is 10.3. The summed E-state index contributed by atoms with van der Waals surface area (Å²) in [4.78, 5) is 6.79. The number of ether oxygens (including phenoxy) is 1. The molecule has 0 aromatic rings. The highest BCUT2D eigenvalue weighted by Gasteiger charge is 2.18. The molecule has 1 aliphatic heterocycles.